The minimum Gasteiger partial charge on any atom is -0.444 e. The van der Waals surface area contributed by atoms with E-state index in [-0.39, 0.29) is 17.6 Å². The monoisotopic (exact) mass is 435 g/mol. The molecule has 2 aromatic carbocycles. The van der Waals surface area contributed by atoms with Gasteiger partial charge in [0.2, 0.25) is 11.8 Å². The number of carbonyl (C=O) groups excluding carboxylic acids is 2. The first-order valence-corrected chi connectivity index (χ1v) is 10.9. The van der Waals surface area contributed by atoms with Crippen LogP contribution in [-0.4, -0.2) is 34.8 Å². The Kier molecular flexibility index (Phi) is 6.94. The van der Waals surface area contributed by atoms with E-state index in [4.69, 9.17) is 4.42 Å². The van der Waals surface area contributed by atoms with Gasteiger partial charge in [0.1, 0.15) is 12.1 Å². The van der Waals surface area contributed by atoms with Crippen molar-refractivity contribution in [3.63, 3.8) is 0 Å². The molecule has 4 rings (SSSR count). The van der Waals surface area contributed by atoms with E-state index in [0.29, 0.717) is 31.0 Å². The number of hydrogen-bond acceptors (Lipinski definition) is 4. The van der Waals surface area contributed by atoms with E-state index in [1.165, 1.54) is 18.4 Å². The lowest BCUT2D eigenvalue weighted by Gasteiger charge is -2.25. The van der Waals surface area contributed by atoms with Crippen molar-refractivity contribution in [3.8, 4) is 11.5 Å². The molecule has 0 atom stereocenters. The van der Waals surface area contributed by atoms with Crippen LogP contribution in [0.5, 0.6) is 0 Å². The lowest BCUT2D eigenvalue weighted by molar-refractivity contribution is -0.121. The third kappa shape index (κ3) is 5.60. The number of nitrogens with one attached hydrogen (secondary N) is 1. The van der Waals surface area contributed by atoms with Gasteiger partial charge in [-0.1, -0.05) is 24.3 Å². The highest BCUT2D eigenvalue weighted by Crippen LogP contribution is 2.21. The number of piperidine rings is 1. The van der Waals surface area contributed by atoms with Crippen LogP contribution >= 0.6 is 0 Å². The van der Waals surface area contributed by atoms with E-state index in [9.17, 15) is 14.0 Å². The van der Waals surface area contributed by atoms with Crippen LogP contribution in [0.1, 0.15) is 47.3 Å². The first-order valence-electron chi connectivity index (χ1n) is 10.9. The van der Waals surface area contributed by atoms with Crippen molar-refractivity contribution in [2.24, 2.45) is 0 Å². The van der Waals surface area contributed by atoms with Gasteiger partial charge in [-0.05, 0) is 61.1 Å². The molecule has 3 aromatic rings. The normalized spacial score (nSPS) is 13.7. The summed E-state index contributed by atoms with van der Waals surface area (Å²) >= 11 is 0. The van der Waals surface area contributed by atoms with E-state index >= 15 is 0 Å². The predicted octanol–water partition coefficient (Wildman–Crippen LogP) is 4.36. The number of halogens is 1. The molecule has 32 heavy (non-hydrogen) atoms. The number of oxazole rings is 1. The molecule has 1 aromatic heterocycles. The lowest BCUT2D eigenvalue weighted by atomic mass is 10.1. The van der Waals surface area contributed by atoms with Crippen molar-refractivity contribution < 1.29 is 18.4 Å². The summed E-state index contributed by atoms with van der Waals surface area (Å²) in [7, 11) is 0. The molecule has 0 radical (unpaired) electrons. The average Bonchev–Trinajstić information content (AvgIpc) is 3.32. The second-order valence-electron chi connectivity index (χ2n) is 7.99. The summed E-state index contributed by atoms with van der Waals surface area (Å²) in [6.45, 7) is 1.93. The maximum absolute atomic E-state index is 13.2. The van der Waals surface area contributed by atoms with Crippen LogP contribution in [0.15, 0.2) is 59.2 Å². The van der Waals surface area contributed by atoms with Gasteiger partial charge in [0.15, 0.2) is 5.69 Å². The first kappa shape index (κ1) is 21.7. The van der Waals surface area contributed by atoms with Gasteiger partial charge in [0, 0.05) is 31.6 Å². The predicted molar refractivity (Wildman–Crippen MR) is 118 cm³/mol. The summed E-state index contributed by atoms with van der Waals surface area (Å²) in [4.78, 5) is 30.8. The number of hydrogen-bond donors (Lipinski definition) is 1. The number of likely N-dealkylation sites (tertiary alicyclic amines) is 1. The zero-order valence-corrected chi connectivity index (χ0v) is 17.9. The molecule has 2 heterocycles. The SMILES string of the molecule is O=C(CCc1cccc(F)c1)NCc1ccc(-c2nc(C(=O)N3CCCCC3)co2)cc1. The molecule has 0 bridgehead atoms. The topological polar surface area (TPSA) is 75.4 Å². The number of nitrogens with zero attached hydrogens (tertiary/aromatic N) is 2. The van der Waals surface area contributed by atoms with Crippen LogP contribution < -0.4 is 5.32 Å². The first-order chi connectivity index (χ1) is 15.6. The second-order valence-corrected chi connectivity index (χ2v) is 7.99. The van der Waals surface area contributed by atoms with Crippen LogP contribution in [0.3, 0.4) is 0 Å². The molecule has 1 fully saturated rings. The molecule has 0 spiro atoms. The molecule has 7 heteroatoms. The zero-order chi connectivity index (χ0) is 22.3. The Labute approximate surface area is 186 Å². The number of amides is 2. The van der Waals surface area contributed by atoms with E-state index in [1.807, 2.05) is 35.2 Å². The van der Waals surface area contributed by atoms with E-state index in [0.717, 1.165) is 49.0 Å². The van der Waals surface area contributed by atoms with Crippen molar-refractivity contribution in [1.29, 1.82) is 0 Å². The summed E-state index contributed by atoms with van der Waals surface area (Å²) in [5, 5.41) is 2.88. The molecule has 1 N–H and O–H groups in total. The van der Waals surface area contributed by atoms with Crippen molar-refractivity contribution in [3.05, 3.63) is 77.4 Å². The minimum atomic E-state index is -0.294. The Morgan fingerprint density at radius 3 is 2.56 bits per heavy atom. The van der Waals surface area contributed by atoms with Crippen LogP contribution in [0.2, 0.25) is 0 Å². The lowest BCUT2D eigenvalue weighted by Crippen LogP contribution is -2.35. The van der Waals surface area contributed by atoms with Gasteiger partial charge in [-0.15, -0.1) is 0 Å². The largest absolute Gasteiger partial charge is 0.444 e. The highest BCUT2D eigenvalue weighted by molar-refractivity contribution is 5.92. The molecule has 6 nitrogen and oxygen atoms in total. The van der Waals surface area contributed by atoms with Crippen LogP contribution in [0.4, 0.5) is 4.39 Å². The fourth-order valence-corrected chi connectivity index (χ4v) is 3.77. The molecule has 1 aliphatic heterocycles. The summed E-state index contributed by atoms with van der Waals surface area (Å²) in [5.74, 6) is -0.0720. The highest BCUT2D eigenvalue weighted by Gasteiger charge is 2.21. The molecule has 0 aliphatic carbocycles. The molecule has 2 amide bonds. The Hall–Kier alpha value is -3.48. The van der Waals surface area contributed by atoms with Crippen molar-refractivity contribution >= 4 is 11.8 Å². The Balaban J connectivity index is 1.28. The van der Waals surface area contributed by atoms with Gasteiger partial charge < -0.3 is 14.6 Å². The summed E-state index contributed by atoms with van der Waals surface area (Å²) < 4.78 is 18.7. The van der Waals surface area contributed by atoms with E-state index in [1.54, 1.807) is 6.07 Å². The van der Waals surface area contributed by atoms with Crippen molar-refractivity contribution in [2.75, 3.05) is 13.1 Å². The highest BCUT2D eigenvalue weighted by atomic mass is 19.1. The van der Waals surface area contributed by atoms with Gasteiger partial charge in [0.25, 0.3) is 5.91 Å². The molecule has 0 unspecified atom stereocenters. The number of benzene rings is 2. The Morgan fingerprint density at radius 1 is 1.03 bits per heavy atom. The summed E-state index contributed by atoms with van der Waals surface area (Å²) in [6.07, 6.45) is 5.42. The molecule has 0 saturated carbocycles. The third-order valence-corrected chi connectivity index (χ3v) is 5.59. The van der Waals surface area contributed by atoms with Gasteiger partial charge in [-0.2, -0.15) is 0 Å². The van der Waals surface area contributed by atoms with Gasteiger partial charge in [-0.3, -0.25) is 9.59 Å². The Bertz CT molecular complexity index is 1070. The summed E-state index contributed by atoms with van der Waals surface area (Å²) in [5.41, 5.74) is 2.83. The Morgan fingerprint density at radius 2 is 1.81 bits per heavy atom. The number of aromatic nitrogens is 1. The van der Waals surface area contributed by atoms with Gasteiger partial charge in [-0.25, -0.2) is 9.37 Å². The number of carbonyl (C=O) groups is 2. The number of rotatable bonds is 7. The smallest absolute Gasteiger partial charge is 0.275 e. The van der Waals surface area contributed by atoms with Crippen LogP contribution in [0, 0.1) is 5.82 Å². The molecular formula is C25H26FN3O3. The maximum Gasteiger partial charge on any atom is 0.275 e. The maximum atomic E-state index is 13.2. The molecular weight excluding hydrogens is 409 g/mol. The van der Waals surface area contributed by atoms with E-state index < -0.39 is 0 Å². The molecule has 166 valence electrons. The standard InChI is InChI=1S/C25H26FN3O3/c26-21-6-4-5-18(15-21)9-12-23(30)27-16-19-7-10-20(11-8-19)24-28-22(17-32-24)25(31)29-13-2-1-3-14-29/h4-8,10-11,15,17H,1-3,9,12-14,16H2,(H,27,30). The second kappa shape index (κ2) is 10.2. The molecule has 1 saturated heterocycles. The fraction of sp³-hybridized carbons (Fsp3) is 0.320. The fourth-order valence-electron chi connectivity index (χ4n) is 3.77. The van der Waals surface area contributed by atoms with Gasteiger partial charge >= 0.3 is 0 Å². The summed E-state index contributed by atoms with van der Waals surface area (Å²) in [6, 6.07) is 13.8. The van der Waals surface area contributed by atoms with Crippen molar-refractivity contribution in [1.82, 2.24) is 15.2 Å². The quantitative estimate of drug-likeness (QED) is 0.599. The van der Waals surface area contributed by atoms with Crippen LogP contribution in [0.25, 0.3) is 11.5 Å². The van der Waals surface area contributed by atoms with Crippen molar-refractivity contribution in [2.45, 2.75) is 38.6 Å². The van der Waals surface area contributed by atoms with E-state index in [2.05, 4.69) is 10.3 Å². The minimum absolute atomic E-state index is 0.0859. The van der Waals surface area contributed by atoms with Gasteiger partial charge in [0.05, 0.1) is 0 Å². The zero-order valence-electron chi connectivity index (χ0n) is 17.9. The van der Waals surface area contributed by atoms with Crippen LogP contribution in [-0.2, 0) is 17.8 Å². The average molecular weight is 435 g/mol. The third-order valence-electron chi connectivity index (χ3n) is 5.59. The number of aryl methyl sites for hydroxylation is 1. The molecule has 1 aliphatic rings.